The molecule has 10 nitrogen and oxygen atoms in total. The van der Waals surface area contributed by atoms with Crippen LogP contribution in [0.4, 0.5) is 0 Å². The van der Waals surface area contributed by atoms with Crippen molar-refractivity contribution < 1.29 is 24.6 Å². The topological polar surface area (TPSA) is 151 Å². The van der Waals surface area contributed by atoms with Crippen LogP contribution in [0.25, 0.3) is 10.9 Å². The fraction of sp³-hybridized carbons (Fsp3) is 0.444. The van der Waals surface area contributed by atoms with E-state index in [9.17, 15) is 24.3 Å². The number of nitrogens with zero attached hydrogens (tertiary/aromatic N) is 3. The smallest absolute Gasteiger partial charge is 0.326 e. The lowest BCUT2D eigenvalue weighted by atomic mass is 10.0. The molecular formula is C18H22N4O6. The van der Waals surface area contributed by atoms with Crippen molar-refractivity contribution in [3.05, 3.63) is 34.6 Å². The molecule has 150 valence electrons. The zero-order valence-corrected chi connectivity index (χ0v) is 15.5. The van der Waals surface area contributed by atoms with Crippen molar-refractivity contribution in [2.75, 3.05) is 0 Å². The molecule has 1 heterocycles. The second-order valence-corrected chi connectivity index (χ2v) is 6.83. The number of nitrogens with one attached hydrogen (secondary N) is 1. The van der Waals surface area contributed by atoms with E-state index in [1.807, 2.05) is 13.8 Å². The molecule has 0 aliphatic heterocycles. The molecule has 0 spiro atoms. The van der Waals surface area contributed by atoms with Gasteiger partial charge < -0.3 is 15.5 Å². The number of hydrogen-bond acceptors (Lipinski definition) is 6. The molecular weight excluding hydrogens is 368 g/mol. The highest BCUT2D eigenvalue weighted by molar-refractivity contribution is 5.86. The number of hydrogen-bond donors (Lipinski definition) is 3. The van der Waals surface area contributed by atoms with E-state index in [1.165, 1.54) is 0 Å². The van der Waals surface area contributed by atoms with Crippen molar-refractivity contribution in [2.24, 2.45) is 5.92 Å². The summed E-state index contributed by atoms with van der Waals surface area (Å²) in [6, 6.07) is 4.11. The zero-order chi connectivity index (χ0) is 20.8. The minimum Gasteiger partial charge on any atom is -0.481 e. The number of aromatic nitrogens is 3. The van der Waals surface area contributed by atoms with Crippen LogP contribution >= 0.6 is 0 Å². The molecule has 0 radical (unpaired) electrons. The first kappa shape index (κ1) is 21.0. The highest BCUT2D eigenvalue weighted by atomic mass is 16.4. The van der Waals surface area contributed by atoms with Gasteiger partial charge in [0.1, 0.15) is 17.6 Å². The number of fused-ring (bicyclic) bond motifs is 1. The summed E-state index contributed by atoms with van der Waals surface area (Å²) in [5.74, 6) is -3.25. The maximum atomic E-state index is 12.8. The third kappa shape index (κ3) is 5.12. The fourth-order valence-corrected chi connectivity index (χ4v) is 2.76. The molecule has 0 fully saturated rings. The summed E-state index contributed by atoms with van der Waals surface area (Å²) in [4.78, 5) is 47.6. The van der Waals surface area contributed by atoms with Gasteiger partial charge in [-0.05, 0) is 30.9 Å². The third-order valence-corrected chi connectivity index (χ3v) is 4.15. The first-order valence-electron chi connectivity index (χ1n) is 8.80. The molecule has 28 heavy (non-hydrogen) atoms. The Labute approximate surface area is 160 Å². The van der Waals surface area contributed by atoms with Gasteiger partial charge in [-0.1, -0.05) is 31.2 Å². The van der Waals surface area contributed by atoms with Crippen LogP contribution in [-0.4, -0.2) is 49.1 Å². The third-order valence-electron chi connectivity index (χ3n) is 4.15. The SMILES string of the molecule is CC(C)C[C@@H](C(=O)N[C@@H](CCC(=O)O)C(=O)O)n1nnc2ccccc2c1=O. The predicted molar refractivity (Wildman–Crippen MR) is 98.7 cm³/mol. The second kappa shape index (κ2) is 9.07. The Bertz CT molecular complexity index is 939. The van der Waals surface area contributed by atoms with Crippen LogP contribution < -0.4 is 10.9 Å². The van der Waals surface area contributed by atoms with Crippen molar-refractivity contribution in [3.63, 3.8) is 0 Å². The number of benzene rings is 1. The molecule has 10 heteroatoms. The van der Waals surface area contributed by atoms with Gasteiger partial charge in [0.2, 0.25) is 5.91 Å². The zero-order valence-electron chi connectivity index (χ0n) is 15.5. The summed E-state index contributed by atoms with van der Waals surface area (Å²) >= 11 is 0. The lowest BCUT2D eigenvalue weighted by molar-refractivity contribution is -0.143. The normalized spacial score (nSPS) is 13.2. The average Bonchev–Trinajstić information content (AvgIpc) is 2.63. The molecule has 2 aromatic rings. The molecule has 0 saturated carbocycles. The molecule has 0 aliphatic rings. The Morgan fingerprint density at radius 3 is 2.46 bits per heavy atom. The van der Waals surface area contributed by atoms with E-state index in [0.717, 1.165) is 4.68 Å². The molecule has 2 atom stereocenters. The summed E-state index contributed by atoms with van der Waals surface area (Å²) in [6.45, 7) is 3.69. The second-order valence-electron chi connectivity index (χ2n) is 6.83. The minimum atomic E-state index is -1.39. The van der Waals surface area contributed by atoms with Crippen molar-refractivity contribution in [2.45, 2.75) is 45.2 Å². The summed E-state index contributed by atoms with van der Waals surface area (Å²) in [7, 11) is 0. The molecule has 0 bridgehead atoms. The largest absolute Gasteiger partial charge is 0.481 e. The standard InChI is InChI=1S/C18H22N4O6/c1-10(2)9-14(16(25)19-13(18(27)28)7-8-15(23)24)22-17(26)11-5-3-4-6-12(11)20-21-22/h3-6,10,13-14H,7-9H2,1-2H3,(H,19,25)(H,23,24)(H,27,28)/t13-,14-/m0/s1. The molecule has 3 N–H and O–H groups in total. The minimum absolute atomic E-state index is 0.00165. The van der Waals surface area contributed by atoms with Crippen LogP contribution in [0, 0.1) is 5.92 Å². The Morgan fingerprint density at radius 1 is 1.18 bits per heavy atom. The lowest BCUT2D eigenvalue weighted by Gasteiger charge is -2.22. The van der Waals surface area contributed by atoms with Crippen LogP contribution in [0.2, 0.25) is 0 Å². The summed E-state index contributed by atoms with van der Waals surface area (Å²) in [5, 5.41) is 28.5. The molecule has 0 aliphatic carbocycles. The molecule has 0 saturated heterocycles. The van der Waals surface area contributed by atoms with Gasteiger partial charge in [-0.25, -0.2) is 4.79 Å². The highest BCUT2D eigenvalue weighted by Gasteiger charge is 2.29. The molecule has 1 aromatic carbocycles. The lowest BCUT2D eigenvalue weighted by Crippen LogP contribution is -2.46. The van der Waals surface area contributed by atoms with Gasteiger partial charge >= 0.3 is 11.9 Å². The van der Waals surface area contributed by atoms with Gasteiger partial charge in [0, 0.05) is 6.42 Å². The molecule has 0 unspecified atom stereocenters. The van der Waals surface area contributed by atoms with Gasteiger partial charge in [-0.3, -0.25) is 14.4 Å². The Morgan fingerprint density at radius 2 is 1.86 bits per heavy atom. The highest BCUT2D eigenvalue weighted by Crippen LogP contribution is 2.17. The van der Waals surface area contributed by atoms with E-state index >= 15 is 0 Å². The van der Waals surface area contributed by atoms with Crippen LogP contribution in [-0.2, 0) is 14.4 Å². The van der Waals surface area contributed by atoms with Gasteiger partial charge in [0.15, 0.2) is 0 Å². The maximum Gasteiger partial charge on any atom is 0.326 e. The quantitative estimate of drug-likeness (QED) is 0.569. The van der Waals surface area contributed by atoms with Crippen LogP contribution in [0.15, 0.2) is 29.1 Å². The van der Waals surface area contributed by atoms with Crippen molar-refractivity contribution >= 4 is 28.7 Å². The van der Waals surface area contributed by atoms with E-state index in [1.54, 1.807) is 24.3 Å². The van der Waals surface area contributed by atoms with Gasteiger partial charge in [-0.15, -0.1) is 5.10 Å². The number of amides is 1. The number of carboxylic acid groups (broad SMARTS) is 2. The Kier molecular flexibility index (Phi) is 6.80. The van der Waals surface area contributed by atoms with Gasteiger partial charge in [0.25, 0.3) is 5.56 Å². The van der Waals surface area contributed by atoms with Gasteiger partial charge in [-0.2, -0.15) is 4.68 Å². The number of carbonyl (C=O) groups excluding carboxylic acids is 1. The average molecular weight is 390 g/mol. The Hall–Kier alpha value is -3.30. The maximum absolute atomic E-state index is 12.8. The summed E-state index contributed by atoms with van der Waals surface area (Å²) in [5.41, 5.74) is -0.124. The fourth-order valence-electron chi connectivity index (χ4n) is 2.76. The monoisotopic (exact) mass is 390 g/mol. The van der Waals surface area contributed by atoms with Crippen LogP contribution in [0.5, 0.6) is 0 Å². The number of aliphatic carboxylic acids is 2. The van der Waals surface area contributed by atoms with E-state index in [2.05, 4.69) is 15.6 Å². The van der Waals surface area contributed by atoms with E-state index in [0.29, 0.717) is 10.9 Å². The van der Waals surface area contributed by atoms with Crippen molar-refractivity contribution in [3.8, 4) is 0 Å². The molecule has 1 amide bonds. The van der Waals surface area contributed by atoms with E-state index in [-0.39, 0.29) is 18.8 Å². The Balaban J connectivity index is 2.36. The van der Waals surface area contributed by atoms with E-state index in [4.69, 9.17) is 5.11 Å². The van der Waals surface area contributed by atoms with E-state index < -0.39 is 41.9 Å². The first-order chi connectivity index (χ1) is 13.2. The van der Waals surface area contributed by atoms with Crippen molar-refractivity contribution in [1.29, 1.82) is 0 Å². The summed E-state index contributed by atoms with van der Waals surface area (Å²) < 4.78 is 0.952. The number of carbonyl (C=O) groups is 3. The predicted octanol–water partition coefficient (Wildman–Crippen LogP) is 0.813. The molecule has 2 rings (SSSR count). The number of carboxylic acids is 2. The van der Waals surface area contributed by atoms with Gasteiger partial charge in [0.05, 0.1) is 5.39 Å². The summed E-state index contributed by atoms with van der Waals surface area (Å²) in [6.07, 6.45) is -0.463. The first-order valence-corrected chi connectivity index (χ1v) is 8.80. The van der Waals surface area contributed by atoms with Crippen LogP contribution in [0.1, 0.15) is 39.2 Å². The molecule has 1 aromatic heterocycles. The van der Waals surface area contributed by atoms with Crippen LogP contribution in [0.3, 0.4) is 0 Å². The number of rotatable bonds is 9. The van der Waals surface area contributed by atoms with Crippen molar-refractivity contribution in [1.82, 2.24) is 20.3 Å².